The Morgan fingerprint density at radius 2 is 1.46 bits per heavy atom. The molecule has 152 valence electrons. The van der Waals surface area contributed by atoms with E-state index in [9.17, 15) is 4.79 Å². The molecule has 0 saturated carbocycles. The highest BCUT2D eigenvalue weighted by Gasteiger charge is 2.46. The highest BCUT2D eigenvalue weighted by atomic mass is 35.5. The maximum atomic E-state index is 13.5. The lowest BCUT2D eigenvalue weighted by Crippen LogP contribution is -3.13. The van der Waals surface area contributed by atoms with Gasteiger partial charge in [-0.25, -0.2) is 4.79 Å². The number of piperidine rings is 1. The fourth-order valence-corrected chi connectivity index (χ4v) is 3.90. The zero-order chi connectivity index (χ0) is 19.1. The molecule has 2 aromatic rings. The average Bonchev–Trinajstić information content (AvgIpc) is 2.74. The lowest BCUT2D eigenvalue weighted by molar-refractivity contribution is -0.904. The minimum Gasteiger partial charge on any atom is -1.00 e. The van der Waals surface area contributed by atoms with Crippen molar-refractivity contribution in [3.8, 4) is 0 Å². The van der Waals surface area contributed by atoms with Gasteiger partial charge in [0.2, 0.25) is 5.60 Å². The molecule has 1 N–H and O–H groups in total. The number of carbonyl (C=O) groups is 1. The summed E-state index contributed by atoms with van der Waals surface area (Å²) < 4.78 is 12.2. The van der Waals surface area contributed by atoms with Crippen molar-refractivity contribution in [2.45, 2.75) is 38.4 Å². The summed E-state index contributed by atoms with van der Waals surface area (Å²) in [5.74, 6) is -0.313. The molecule has 0 aliphatic carbocycles. The van der Waals surface area contributed by atoms with Crippen LogP contribution in [0.5, 0.6) is 0 Å². The molecule has 1 heterocycles. The van der Waals surface area contributed by atoms with Crippen LogP contribution in [0.3, 0.4) is 0 Å². The molecule has 3 rings (SSSR count). The number of esters is 1. The number of likely N-dealkylation sites (tertiary alicyclic amines) is 1. The van der Waals surface area contributed by atoms with Gasteiger partial charge in [0.25, 0.3) is 0 Å². The van der Waals surface area contributed by atoms with Crippen LogP contribution in [0.2, 0.25) is 0 Å². The van der Waals surface area contributed by atoms with Gasteiger partial charge >= 0.3 is 5.97 Å². The number of rotatable bonds is 7. The first kappa shape index (κ1) is 22.4. The summed E-state index contributed by atoms with van der Waals surface area (Å²) in [7, 11) is 0. The second-order valence-corrected chi connectivity index (χ2v) is 7.05. The van der Waals surface area contributed by atoms with Gasteiger partial charge in [-0.05, 0) is 25.0 Å². The first-order valence-electron chi connectivity index (χ1n) is 10.00. The normalized spacial score (nSPS) is 19.5. The number of benzene rings is 2. The Kier molecular flexibility index (Phi) is 8.49. The molecule has 2 aromatic carbocycles. The van der Waals surface area contributed by atoms with Crippen molar-refractivity contribution in [1.82, 2.24) is 0 Å². The number of halogens is 1. The summed E-state index contributed by atoms with van der Waals surface area (Å²) in [4.78, 5) is 15.1. The molecule has 0 amide bonds. The standard InChI is InChI=1S/C23H29NO3.ClH/c1-3-24-17-15-21(16-18-24)27-22(25)23(26-4-2,19-11-7-5-8-12-19)20-13-9-6-10-14-20;/h5-14,21H,3-4,15-18H2,1-2H3;1H. The predicted molar refractivity (Wildman–Crippen MR) is 106 cm³/mol. The molecule has 5 heteroatoms. The van der Waals surface area contributed by atoms with Gasteiger partial charge in [-0.1, -0.05) is 60.7 Å². The maximum Gasteiger partial charge on any atom is 0.348 e. The zero-order valence-electron chi connectivity index (χ0n) is 16.7. The third-order valence-corrected chi connectivity index (χ3v) is 5.42. The molecule has 0 atom stereocenters. The molecule has 0 radical (unpaired) electrons. The van der Waals surface area contributed by atoms with E-state index in [4.69, 9.17) is 9.47 Å². The Morgan fingerprint density at radius 1 is 0.964 bits per heavy atom. The van der Waals surface area contributed by atoms with Crippen LogP contribution in [-0.4, -0.2) is 38.3 Å². The zero-order valence-corrected chi connectivity index (χ0v) is 17.5. The fourth-order valence-electron chi connectivity index (χ4n) is 3.90. The van der Waals surface area contributed by atoms with Gasteiger partial charge in [-0.15, -0.1) is 0 Å². The quantitative estimate of drug-likeness (QED) is 0.638. The maximum absolute atomic E-state index is 13.5. The van der Waals surface area contributed by atoms with Crippen LogP contribution in [0.4, 0.5) is 0 Å². The third-order valence-electron chi connectivity index (χ3n) is 5.42. The first-order chi connectivity index (χ1) is 13.2. The number of carbonyl (C=O) groups excluding carboxylic acids is 1. The summed E-state index contributed by atoms with van der Waals surface area (Å²) in [5, 5.41) is 0. The van der Waals surface area contributed by atoms with Crippen LogP contribution in [0.1, 0.15) is 37.8 Å². The van der Waals surface area contributed by atoms with Crippen LogP contribution in [-0.2, 0) is 19.9 Å². The summed E-state index contributed by atoms with van der Waals surface area (Å²) in [6.45, 7) is 7.75. The van der Waals surface area contributed by atoms with E-state index < -0.39 is 5.60 Å². The van der Waals surface area contributed by atoms with Crippen LogP contribution in [0, 0.1) is 0 Å². The third kappa shape index (κ3) is 4.75. The van der Waals surface area contributed by atoms with Gasteiger partial charge in [-0.2, -0.15) is 0 Å². The number of quaternary nitrogens is 1. The molecule has 1 saturated heterocycles. The SMILES string of the molecule is CCOC(C(=O)OC1CC[NH+](CC)CC1)(c1ccccc1)c1ccccc1.[Cl-]. The first-order valence-corrected chi connectivity index (χ1v) is 10.00. The van der Waals surface area contributed by atoms with E-state index in [1.807, 2.05) is 67.6 Å². The second-order valence-electron chi connectivity index (χ2n) is 7.05. The van der Waals surface area contributed by atoms with Crippen molar-refractivity contribution in [2.75, 3.05) is 26.2 Å². The minimum absolute atomic E-state index is 0. The van der Waals surface area contributed by atoms with E-state index in [1.165, 1.54) is 0 Å². The topological polar surface area (TPSA) is 40.0 Å². The Hall–Kier alpha value is -1.88. The second kappa shape index (κ2) is 10.6. The molecule has 1 aliphatic heterocycles. The molecule has 1 aliphatic rings. The van der Waals surface area contributed by atoms with E-state index in [1.54, 1.807) is 4.90 Å². The van der Waals surface area contributed by atoms with Crippen molar-refractivity contribution in [2.24, 2.45) is 0 Å². The van der Waals surface area contributed by atoms with Gasteiger partial charge in [0, 0.05) is 19.4 Å². The van der Waals surface area contributed by atoms with E-state index in [-0.39, 0.29) is 24.5 Å². The average molecular weight is 404 g/mol. The van der Waals surface area contributed by atoms with Gasteiger partial charge in [0.15, 0.2) is 0 Å². The lowest BCUT2D eigenvalue weighted by Gasteiger charge is -2.35. The van der Waals surface area contributed by atoms with Gasteiger partial charge in [0.05, 0.1) is 19.6 Å². The van der Waals surface area contributed by atoms with Gasteiger partial charge < -0.3 is 26.8 Å². The van der Waals surface area contributed by atoms with Crippen LogP contribution >= 0.6 is 0 Å². The van der Waals surface area contributed by atoms with Crippen molar-refractivity contribution in [3.05, 3.63) is 71.8 Å². The Labute approximate surface area is 174 Å². The van der Waals surface area contributed by atoms with Crippen molar-refractivity contribution >= 4 is 5.97 Å². The Balaban J connectivity index is 0.00000280. The van der Waals surface area contributed by atoms with Crippen LogP contribution in [0.25, 0.3) is 0 Å². The molecule has 0 aromatic heterocycles. The van der Waals surface area contributed by atoms with Crippen molar-refractivity contribution in [3.63, 3.8) is 0 Å². The van der Waals surface area contributed by atoms with Crippen LogP contribution < -0.4 is 17.3 Å². The Bertz CT molecular complexity index is 676. The molecule has 1 fully saturated rings. The molecular weight excluding hydrogens is 374 g/mol. The highest BCUT2D eigenvalue weighted by molar-refractivity contribution is 5.86. The molecule has 28 heavy (non-hydrogen) atoms. The summed E-state index contributed by atoms with van der Waals surface area (Å²) >= 11 is 0. The van der Waals surface area contributed by atoms with Gasteiger partial charge in [-0.3, -0.25) is 0 Å². The largest absolute Gasteiger partial charge is 1.00 e. The lowest BCUT2D eigenvalue weighted by atomic mass is 9.85. The molecule has 0 bridgehead atoms. The smallest absolute Gasteiger partial charge is 0.348 e. The number of hydrogen-bond acceptors (Lipinski definition) is 3. The number of hydrogen-bond donors (Lipinski definition) is 1. The molecular formula is C23H30ClNO3. The monoisotopic (exact) mass is 403 g/mol. The predicted octanol–water partition coefficient (Wildman–Crippen LogP) is -0.419. The number of ether oxygens (including phenoxy) is 2. The van der Waals surface area contributed by atoms with E-state index in [0.29, 0.717) is 6.61 Å². The van der Waals surface area contributed by atoms with E-state index in [2.05, 4.69) is 6.92 Å². The fraction of sp³-hybridized carbons (Fsp3) is 0.435. The summed E-state index contributed by atoms with van der Waals surface area (Å²) in [5.41, 5.74) is 0.380. The van der Waals surface area contributed by atoms with Gasteiger partial charge in [0.1, 0.15) is 6.10 Å². The van der Waals surface area contributed by atoms with Crippen molar-refractivity contribution < 1.29 is 31.6 Å². The Morgan fingerprint density at radius 3 is 1.89 bits per heavy atom. The van der Waals surface area contributed by atoms with Crippen molar-refractivity contribution in [1.29, 1.82) is 0 Å². The summed E-state index contributed by atoms with van der Waals surface area (Å²) in [6.07, 6.45) is 1.77. The highest BCUT2D eigenvalue weighted by Crippen LogP contribution is 2.36. The molecule has 0 spiro atoms. The van der Waals surface area contributed by atoms with E-state index in [0.717, 1.165) is 43.6 Å². The molecule has 0 unspecified atom stereocenters. The van der Waals surface area contributed by atoms with E-state index >= 15 is 0 Å². The minimum atomic E-state index is -1.23. The molecule has 4 nitrogen and oxygen atoms in total. The number of nitrogens with one attached hydrogen (secondary N) is 1. The summed E-state index contributed by atoms with van der Waals surface area (Å²) in [6, 6.07) is 19.4. The van der Waals surface area contributed by atoms with Crippen LogP contribution in [0.15, 0.2) is 60.7 Å².